The zero-order chi connectivity index (χ0) is 10.6. The fourth-order valence-electron chi connectivity index (χ4n) is 1.21. The van der Waals surface area contributed by atoms with Gasteiger partial charge >= 0.3 is 0 Å². The molecule has 0 radical (unpaired) electrons. The third-order valence-electron chi connectivity index (χ3n) is 1.95. The van der Waals surface area contributed by atoms with E-state index in [1.165, 1.54) is 7.11 Å². The number of anilines is 1. The van der Waals surface area contributed by atoms with Crippen LogP contribution in [0.5, 0.6) is 11.5 Å². The molecule has 14 heavy (non-hydrogen) atoms. The molecule has 0 aromatic heterocycles. The first-order chi connectivity index (χ1) is 6.76. The van der Waals surface area contributed by atoms with Crippen LogP contribution in [-0.4, -0.2) is 27.6 Å². The Hall–Kier alpha value is -1.71. The highest BCUT2D eigenvalue weighted by atomic mass is 16.5. The van der Waals surface area contributed by atoms with Crippen LogP contribution in [0.2, 0.25) is 0 Å². The van der Waals surface area contributed by atoms with Gasteiger partial charge in [-0.25, -0.2) is 0 Å². The Morgan fingerprint density at radius 2 is 1.79 bits per heavy atom. The van der Waals surface area contributed by atoms with Crippen LogP contribution in [0.15, 0.2) is 12.1 Å². The van der Waals surface area contributed by atoms with Gasteiger partial charge in [-0.05, 0) is 6.07 Å². The summed E-state index contributed by atoms with van der Waals surface area (Å²) in [4.78, 5) is 10.7. The van der Waals surface area contributed by atoms with Crippen molar-refractivity contribution in [2.24, 2.45) is 0 Å². The Balaban J connectivity index is 3.27. The van der Waals surface area contributed by atoms with Crippen LogP contribution in [0.25, 0.3) is 0 Å². The molecule has 0 aliphatic heterocycles. The summed E-state index contributed by atoms with van der Waals surface area (Å²) in [7, 11) is 4.83. The van der Waals surface area contributed by atoms with E-state index in [0.717, 1.165) is 12.0 Å². The molecule has 1 rings (SSSR count). The number of ether oxygens (including phenoxy) is 2. The third kappa shape index (κ3) is 1.79. The molecule has 1 aromatic rings. The van der Waals surface area contributed by atoms with Crippen LogP contribution in [0, 0.1) is 0 Å². The largest absolute Gasteiger partial charge is 0.493 e. The quantitative estimate of drug-likeness (QED) is 0.740. The second kappa shape index (κ2) is 4.50. The maximum Gasteiger partial charge on any atom is 0.162 e. The number of hydrogen-bond donors (Lipinski definition) is 1. The summed E-state index contributed by atoms with van der Waals surface area (Å²) < 4.78 is 10.2. The van der Waals surface area contributed by atoms with Gasteiger partial charge in [0.1, 0.15) is 0 Å². The standard InChI is InChI=1S/C10H13NO3/c1-11-8-5-10(14-3)9(13-2)4-7(8)6-12/h4-6,11H,1-3H3. The minimum atomic E-state index is 0.546. The highest BCUT2D eigenvalue weighted by Gasteiger charge is 2.09. The lowest BCUT2D eigenvalue weighted by Crippen LogP contribution is -1.98. The van der Waals surface area contributed by atoms with E-state index < -0.39 is 0 Å². The Morgan fingerprint density at radius 1 is 1.21 bits per heavy atom. The number of benzene rings is 1. The van der Waals surface area contributed by atoms with Crippen LogP contribution in [0.4, 0.5) is 5.69 Å². The van der Waals surface area contributed by atoms with Crippen molar-refractivity contribution in [1.82, 2.24) is 0 Å². The first-order valence-corrected chi connectivity index (χ1v) is 4.15. The molecule has 0 aliphatic carbocycles. The lowest BCUT2D eigenvalue weighted by molar-refractivity contribution is 0.112. The number of methoxy groups -OCH3 is 2. The fraction of sp³-hybridized carbons (Fsp3) is 0.300. The van der Waals surface area contributed by atoms with Gasteiger partial charge < -0.3 is 14.8 Å². The van der Waals surface area contributed by atoms with Crippen molar-refractivity contribution in [2.75, 3.05) is 26.6 Å². The van der Waals surface area contributed by atoms with Gasteiger partial charge in [-0.1, -0.05) is 0 Å². The average molecular weight is 195 g/mol. The van der Waals surface area contributed by atoms with Crippen molar-refractivity contribution in [3.05, 3.63) is 17.7 Å². The van der Waals surface area contributed by atoms with Crippen molar-refractivity contribution in [2.45, 2.75) is 0 Å². The fourth-order valence-corrected chi connectivity index (χ4v) is 1.21. The number of rotatable bonds is 4. The van der Waals surface area contributed by atoms with Crippen molar-refractivity contribution in [1.29, 1.82) is 0 Å². The van der Waals surface area contributed by atoms with Crippen LogP contribution >= 0.6 is 0 Å². The molecule has 0 spiro atoms. The van der Waals surface area contributed by atoms with E-state index in [-0.39, 0.29) is 0 Å². The molecule has 0 fully saturated rings. The Bertz CT molecular complexity index is 336. The van der Waals surface area contributed by atoms with E-state index >= 15 is 0 Å². The molecular weight excluding hydrogens is 182 g/mol. The van der Waals surface area contributed by atoms with E-state index in [2.05, 4.69) is 5.32 Å². The van der Waals surface area contributed by atoms with E-state index in [9.17, 15) is 4.79 Å². The topological polar surface area (TPSA) is 47.6 Å². The molecule has 0 amide bonds. The van der Waals surface area contributed by atoms with Gasteiger partial charge in [0.25, 0.3) is 0 Å². The summed E-state index contributed by atoms with van der Waals surface area (Å²) in [6.45, 7) is 0. The smallest absolute Gasteiger partial charge is 0.162 e. The predicted molar refractivity (Wildman–Crippen MR) is 54.5 cm³/mol. The molecule has 76 valence electrons. The molecule has 4 heteroatoms. The van der Waals surface area contributed by atoms with Gasteiger partial charge in [0.2, 0.25) is 0 Å². The molecule has 0 saturated carbocycles. The molecule has 4 nitrogen and oxygen atoms in total. The highest BCUT2D eigenvalue weighted by Crippen LogP contribution is 2.32. The van der Waals surface area contributed by atoms with Crippen LogP contribution < -0.4 is 14.8 Å². The van der Waals surface area contributed by atoms with Gasteiger partial charge in [-0.15, -0.1) is 0 Å². The van der Waals surface area contributed by atoms with Crippen LogP contribution in [0.3, 0.4) is 0 Å². The first-order valence-electron chi connectivity index (χ1n) is 4.15. The molecule has 0 unspecified atom stereocenters. The van der Waals surface area contributed by atoms with Gasteiger partial charge in [-0.3, -0.25) is 4.79 Å². The summed E-state index contributed by atoms with van der Waals surface area (Å²) in [5.41, 5.74) is 1.27. The van der Waals surface area contributed by atoms with E-state index in [0.29, 0.717) is 17.1 Å². The zero-order valence-corrected chi connectivity index (χ0v) is 8.46. The normalized spacial score (nSPS) is 9.36. The highest BCUT2D eigenvalue weighted by molar-refractivity contribution is 5.86. The SMILES string of the molecule is CNc1cc(OC)c(OC)cc1C=O. The summed E-state index contributed by atoms with van der Waals surface area (Å²) >= 11 is 0. The van der Waals surface area contributed by atoms with Crippen LogP contribution in [0.1, 0.15) is 10.4 Å². The number of carbonyl (C=O) groups excluding carboxylic acids is 1. The van der Waals surface area contributed by atoms with Crippen molar-refractivity contribution >= 4 is 12.0 Å². The minimum absolute atomic E-state index is 0.546. The Kier molecular flexibility index (Phi) is 3.34. The average Bonchev–Trinajstić information content (AvgIpc) is 2.26. The monoisotopic (exact) mass is 195 g/mol. The maximum absolute atomic E-state index is 10.7. The van der Waals surface area contributed by atoms with Gasteiger partial charge in [0.15, 0.2) is 17.8 Å². The molecule has 0 bridgehead atoms. The Labute approximate surface area is 82.8 Å². The van der Waals surface area contributed by atoms with Gasteiger partial charge in [0, 0.05) is 24.4 Å². The second-order valence-electron chi connectivity index (χ2n) is 2.66. The number of aldehydes is 1. The zero-order valence-electron chi connectivity index (χ0n) is 8.46. The van der Waals surface area contributed by atoms with Crippen LogP contribution in [-0.2, 0) is 0 Å². The summed E-state index contributed by atoms with van der Waals surface area (Å²) in [5.74, 6) is 1.15. The first kappa shape index (κ1) is 10.4. The van der Waals surface area contributed by atoms with E-state index in [4.69, 9.17) is 9.47 Å². The lowest BCUT2D eigenvalue weighted by atomic mass is 10.1. The van der Waals surface area contributed by atoms with Crippen molar-refractivity contribution < 1.29 is 14.3 Å². The van der Waals surface area contributed by atoms with Gasteiger partial charge in [-0.2, -0.15) is 0 Å². The summed E-state index contributed by atoms with van der Waals surface area (Å²) in [6.07, 6.45) is 0.772. The summed E-state index contributed by atoms with van der Waals surface area (Å²) in [6, 6.07) is 3.36. The Morgan fingerprint density at radius 3 is 2.21 bits per heavy atom. The molecule has 0 atom stereocenters. The molecule has 0 aliphatic rings. The van der Waals surface area contributed by atoms with Crippen molar-refractivity contribution in [3.63, 3.8) is 0 Å². The molecular formula is C10H13NO3. The van der Waals surface area contributed by atoms with Crippen molar-refractivity contribution in [3.8, 4) is 11.5 Å². The lowest BCUT2D eigenvalue weighted by Gasteiger charge is -2.11. The summed E-state index contributed by atoms with van der Waals surface area (Å²) in [5, 5.41) is 2.91. The number of nitrogens with one attached hydrogen (secondary N) is 1. The third-order valence-corrected chi connectivity index (χ3v) is 1.95. The molecule has 1 aromatic carbocycles. The van der Waals surface area contributed by atoms with E-state index in [1.54, 1.807) is 26.3 Å². The second-order valence-corrected chi connectivity index (χ2v) is 2.66. The minimum Gasteiger partial charge on any atom is -0.493 e. The predicted octanol–water partition coefficient (Wildman–Crippen LogP) is 1.56. The molecule has 0 saturated heterocycles. The van der Waals surface area contributed by atoms with E-state index in [1.807, 2.05) is 0 Å². The maximum atomic E-state index is 10.7. The van der Waals surface area contributed by atoms with Gasteiger partial charge in [0.05, 0.1) is 14.2 Å². The number of carbonyl (C=O) groups is 1. The molecule has 1 N–H and O–H groups in total. The molecule has 0 heterocycles. The number of hydrogen-bond acceptors (Lipinski definition) is 4.